The van der Waals surface area contributed by atoms with E-state index in [1.807, 2.05) is 0 Å². The zero-order chi connectivity index (χ0) is 18.1. The number of carboxylic acids is 1. The van der Waals surface area contributed by atoms with E-state index >= 15 is 0 Å². The Morgan fingerprint density at radius 3 is 2.12 bits per heavy atom. The number of rotatable bonds is 5. The van der Waals surface area contributed by atoms with Crippen molar-refractivity contribution < 1.29 is 29.0 Å². The van der Waals surface area contributed by atoms with Gasteiger partial charge in [-0.2, -0.15) is 0 Å². The third kappa shape index (κ3) is 2.69. The van der Waals surface area contributed by atoms with Crippen molar-refractivity contribution in [1.29, 1.82) is 0 Å². The van der Waals surface area contributed by atoms with Gasteiger partial charge in [-0.05, 0) is 24.3 Å². The van der Waals surface area contributed by atoms with Crippen LogP contribution < -0.4 is 9.47 Å². The third-order valence-corrected chi connectivity index (χ3v) is 4.01. The molecule has 0 fully saturated rings. The fourth-order valence-electron chi connectivity index (χ4n) is 2.84. The summed E-state index contributed by atoms with van der Waals surface area (Å²) in [5.74, 6) is -1.51. The van der Waals surface area contributed by atoms with Crippen molar-refractivity contribution >= 4 is 17.8 Å². The summed E-state index contributed by atoms with van der Waals surface area (Å²) >= 11 is 0. The molecule has 0 aliphatic carbocycles. The molecule has 1 heterocycles. The van der Waals surface area contributed by atoms with E-state index < -0.39 is 17.8 Å². The predicted molar refractivity (Wildman–Crippen MR) is 87.2 cm³/mol. The lowest BCUT2D eigenvalue weighted by molar-refractivity contribution is 0.0640. The van der Waals surface area contributed by atoms with E-state index in [1.54, 1.807) is 24.3 Å². The van der Waals surface area contributed by atoms with Gasteiger partial charge in [-0.3, -0.25) is 14.5 Å². The standard InChI is InChI=1S/C18H15NO6/c1-24-14-8-10(18(22)23)7-11(15(14)25-2)9-19-16(20)12-5-3-4-6-13(12)17(19)21/h3-8H,9H2,1-2H3,(H,22,23). The molecule has 1 aliphatic heterocycles. The number of ether oxygens (including phenoxy) is 2. The highest BCUT2D eigenvalue weighted by Crippen LogP contribution is 2.35. The smallest absolute Gasteiger partial charge is 0.335 e. The SMILES string of the molecule is COc1cc(C(=O)O)cc(CN2C(=O)c3ccccc3C2=O)c1OC. The molecule has 0 atom stereocenters. The van der Waals surface area contributed by atoms with E-state index in [2.05, 4.69) is 0 Å². The first kappa shape index (κ1) is 16.5. The number of carboxylic acid groups (broad SMARTS) is 1. The van der Waals surface area contributed by atoms with Crippen molar-refractivity contribution in [3.63, 3.8) is 0 Å². The monoisotopic (exact) mass is 341 g/mol. The van der Waals surface area contributed by atoms with E-state index in [1.165, 1.54) is 26.4 Å². The van der Waals surface area contributed by atoms with Gasteiger partial charge in [0.1, 0.15) is 0 Å². The molecule has 0 saturated carbocycles. The zero-order valence-corrected chi connectivity index (χ0v) is 13.6. The largest absolute Gasteiger partial charge is 0.493 e. The lowest BCUT2D eigenvalue weighted by Gasteiger charge is -2.18. The molecule has 0 spiro atoms. The molecular formula is C18H15NO6. The van der Waals surface area contributed by atoms with Gasteiger partial charge < -0.3 is 14.6 Å². The Kier molecular flexibility index (Phi) is 4.14. The fourth-order valence-corrected chi connectivity index (χ4v) is 2.84. The number of hydrogen-bond acceptors (Lipinski definition) is 5. The Morgan fingerprint density at radius 2 is 1.64 bits per heavy atom. The number of nitrogens with zero attached hydrogens (tertiary/aromatic N) is 1. The van der Waals surface area contributed by atoms with Crippen LogP contribution in [0.4, 0.5) is 0 Å². The summed E-state index contributed by atoms with van der Waals surface area (Å²) in [5.41, 5.74) is 0.999. The molecule has 3 rings (SSSR count). The second kappa shape index (κ2) is 6.27. The number of benzene rings is 2. The van der Waals surface area contributed by atoms with Gasteiger partial charge in [0.15, 0.2) is 11.5 Å². The van der Waals surface area contributed by atoms with Crippen LogP contribution in [-0.4, -0.2) is 42.0 Å². The number of fused-ring (bicyclic) bond motifs is 1. The Labute approximate surface area is 143 Å². The Hall–Kier alpha value is -3.35. The summed E-state index contributed by atoms with van der Waals surface area (Å²) in [7, 11) is 2.79. The van der Waals surface area contributed by atoms with E-state index in [0.717, 1.165) is 4.90 Å². The van der Waals surface area contributed by atoms with Crippen molar-refractivity contribution in [1.82, 2.24) is 4.90 Å². The molecule has 128 valence electrons. The molecule has 1 N–H and O–H groups in total. The summed E-state index contributed by atoms with van der Waals surface area (Å²) in [4.78, 5) is 37.4. The van der Waals surface area contributed by atoms with Crippen molar-refractivity contribution in [3.05, 3.63) is 58.7 Å². The highest BCUT2D eigenvalue weighted by atomic mass is 16.5. The Bertz CT molecular complexity index is 854. The first-order valence-corrected chi connectivity index (χ1v) is 7.41. The molecule has 2 amide bonds. The first-order valence-electron chi connectivity index (χ1n) is 7.41. The molecule has 25 heavy (non-hydrogen) atoms. The number of carbonyl (C=O) groups excluding carboxylic acids is 2. The quantitative estimate of drug-likeness (QED) is 0.838. The lowest BCUT2D eigenvalue weighted by Crippen LogP contribution is -2.29. The van der Waals surface area contributed by atoms with E-state index in [0.29, 0.717) is 16.7 Å². The molecule has 2 aromatic carbocycles. The van der Waals surface area contributed by atoms with Gasteiger partial charge in [-0.1, -0.05) is 12.1 Å². The molecular weight excluding hydrogens is 326 g/mol. The number of hydrogen-bond donors (Lipinski definition) is 1. The number of imide groups is 1. The predicted octanol–water partition coefficient (Wildman–Crippen LogP) is 2.20. The van der Waals surface area contributed by atoms with Gasteiger partial charge in [-0.15, -0.1) is 0 Å². The highest BCUT2D eigenvalue weighted by molar-refractivity contribution is 6.21. The van der Waals surface area contributed by atoms with Gasteiger partial charge in [0.25, 0.3) is 11.8 Å². The van der Waals surface area contributed by atoms with E-state index in [-0.39, 0.29) is 23.6 Å². The molecule has 0 aromatic heterocycles. The van der Waals surface area contributed by atoms with Crippen LogP contribution in [0, 0.1) is 0 Å². The zero-order valence-electron chi connectivity index (χ0n) is 13.6. The maximum Gasteiger partial charge on any atom is 0.335 e. The van der Waals surface area contributed by atoms with Crippen molar-refractivity contribution in [2.75, 3.05) is 14.2 Å². The van der Waals surface area contributed by atoms with Crippen LogP contribution in [0.1, 0.15) is 36.6 Å². The second-order valence-corrected chi connectivity index (χ2v) is 5.42. The fraction of sp³-hybridized carbons (Fsp3) is 0.167. The number of amides is 2. The van der Waals surface area contributed by atoms with Crippen LogP contribution in [0.15, 0.2) is 36.4 Å². The summed E-state index contributed by atoms with van der Waals surface area (Å²) in [6.07, 6.45) is 0. The number of carbonyl (C=O) groups is 3. The van der Waals surface area contributed by atoms with Crippen LogP contribution in [0.25, 0.3) is 0 Å². The minimum atomic E-state index is -1.15. The highest BCUT2D eigenvalue weighted by Gasteiger charge is 2.36. The van der Waals surface area contributed by atoms with Crippen molar-refractivity contribution in [2.24, 2.45) is 0 Å². The maximum atomic E-state index is 12.5. The van der Waals surface area contributed by atoms with E-state index in [4.69, 9.17) is 9.47 Å². The number of methoxy groups -OCH3 is 2. The average molecular weight is 341 g/mol. The normalized spacial score (nSPS) is 13.0. The molecule has 1 aliphatic rings. The summed E-state index contributed by atoms with van der Waals surface area (Å²) in [5, 5.41) is 9.26. The summed E-state index contributed by atoms with van der Waals surface area (Å²) in [6, 6.07) is 9.23. The molecule has 7 nitrogen and oxygen atoms in total. The molecule has 7 heteroatoms. The van der Waals surface area contributed by atoms with Crippen LogP contribution >= 0.6 is 0 Å². The second-order valence-electron chi connectivity index (χ2n) is 5.42. The van der Waals surface area contributed by atoms with Crippen molar-refractivity contribution in [2.45, 2.75) is 6.54 Å². The summed E-state index contributed by atoms with van der Waals surface area (Å²) < 4.78 is 10.5. The molecule has 0 radical (unpaired) electrons. The summed E-state index contributed by atoms with van der Waals surface area (Å²) in [6.45, 7) is -0.118. The van der Waals surface area contributed by atoms with E-state index in [9.17, 15) is 19.5 Å². The van der Waals surface area contributed by atoms with Gasteiger partial charge >= 0.3 is 5.97 Å². The molecule has 2 aromatic rings. The molecule has 0 bridgehead atoms. The van der Waals surface area contributed by atoms with Gasteiger partial charge in [0.2, 0.25) is 0 Å². The molecule has 0 unspecified atom stereocenters. The molecule has 0 saturated heterocycles. The van der Waals surface area contributed by atoms with Crippen LogP contribution in [0.2, 0.25) is 0 Å². The Balaban J connectivity index is 2.04. The van der Waals surface area contributed by atoms with Crippen LogP contribution in [0.3, 0.4) is 0 Å². The van der Waals surface area contributed by atoms with Gasteiger partial charge in [0, 0.05) is 5.56 Å². The van der Waals surface area contributed by atoms with Gasteiger partial charge in [-0.25, -0.2) is 4.79 Å². The first-order chi connectivity index (χ1) is 12.0. The topological polar surface area (TPSA) is 93.1 Å². The van der Waals surface area contributed by atoms with Gasteiger partial charge in [0.05, 0.1) is 37.5 Å². The van der Waals surface area contributed by atoms with Crippen LogP contribution in [-0.2, 0) is 6.54 Å². The lowest BCUT2D eigenvalue weighted by atomic mass is 10.1. The third-order valence-electron chi connectivity index (χ3n) is 4.01. The minimum Gasteiger partial charge on any atom is -0.493 e. The minimum absolute atomic E-state index is 0.0238. The maximum absolute atomic E-state index is 12.5. The Morgan fingerprint density at radius 1 is 1.04 bits per heavy atom. The van der Waals surface area contributed by atoms with Crippen LogP contribution in [0.5, 0.6) is 11.5 Å². The number of aromatic carboxylic acids is 1. The average Bonchev–Trinajstić information content (AvgIpc) is 2.86. The van der Waals surface area contributed by atoms with Crippen molar-refractivity contribution in [3.8, 4) is 11.5 Å².